The molecular weight excluding hydrogens is 976 g/mol. The minimum Gasteiger partial charge on any atom is -0.289 e. The van der Waals surface area contributed by atoms with Gasteiger partial charge in [-0.2, -0.15) is 0 Å². The summed E-state index contributed by atoms with van der Waals surface area (Å²) in [6, 6.07) is 60.5. The van der Waals surface area contributed by atoms with Crippen LogP contribution in [-0.2, 0) is 9.59 Å². The molecule has 0 spiro atoms. The third-order valence-corrected chi connectivity index (χ3v) is 12.6. The number of hydrogen-bond acceptors (Lipinski definition) is 2. The number of carbonyl (C=O) groups is 2. The van der Waals surface area contributed by atoms with Crippen molar-refractivity contribution in [3.05, 3.63) is 244 Å². The Balaban J connectivity index is 1.30. The molecule has 2 aliphatic rings. The van der Waals surface area contributed by atoms with Crippen molar-refractivity contribution in [2.45, 2.75) is 0 Å². The van der Waals surface area contributed by atoms with Gasteiger partial charge in [-0.15, -0.1) is 0 Å². The van der Waals surface area contributed by atoms with E-state index in [1.54, 1.807) is 0 Å². The molecule has 0 radical (unpaired) electrons. The largest absolute Gasteiger partial charge is 0.289 e. The Kier molecular flexibility index (Phi) is 10.7. The van der Waals surface area contributed by atoms with Gasteiger partial charge < -0.3 is 0 Å². The molecule has 0 fully saturated rings. The topological polar surface area (TPSA) is 34.1 Å². The lowest BCUT2D eigenvalue weighted by molar-refractivity contribution is -0.109. The fourth-order valence-corrected chi connectivity index (χ4v) is 9.00. The molecule has 0 bridgehead atoms. The third-order valence-electron chi connectivity index (χ3n) is 10.5. The van der Waals surface area contributed by atoms with Gasteiger partial charge in [0.05, 0.1) is 0 Å². The number of Topliss-reactive ketones (excluding diaryl/α,β-unsaturated/α-hetero) is 2. The van der Waals surface area contributed by atoms with Gasteiger partial charge in [0.2, 0.25) is 0 Å². The third kappa shape index (κ3) is 7.13. The number of carbonyl (C=O) groups excluding carboxylic acids is 2. The first-order valence-electron chi connectivity index (χ1n) is 18.6. The maximum Gasteiger partial charge on any atom is 0.195 e. The van der Waals surface area contributed by atoms with E-state index in [4.69, 9.17) is 0 Å². The fraction of sp³-hybridized carbons (Fsp3) is 0. The lowest BCUT2D eigenvalue weighted by atomic mass is 9.86. The van der Waals surface area contributed by atoms with Gasteiger partial charge in [-0.3, -0.25) is 9.59 Å². The number of rotatable bonds is 8. The molecule has 0 amide bonds. The predicted octanol–water partition coefficient (Wildman–Crippen LogP) is 14.9. The minimum atomic E-state index is -0.0300. The zero-order chi connectivity index (χ0) is 39.9. The summed E-state index contributed by atoms with van der Waals surface area (Å²) in [5.74, 6) is -0.0599. The summed E-state index contributed by atoms with van der Waals surface area (Å²) in [5.41, 5.74) is 13.2. The van der Waals surface area contributed by atoms with Crippen molar-refractivity contribution in [3.63, 3.8) is 0 Å². The van der Waals surface area contributed by atoms with E-state index in [1.165, 1.54) is 0 Å². The molecule has 2 aliphatic carbocycles. The van der Waals surface area contributed by atoms with Crippen LogP contribution in [0.15, 0.2) is 200 Å². The minimum absolute atomic E-state index is 0.0300. The van der Waals surface area contributed by atoms with Gasteiger partial charge in [-0.1, -0.05) is 197 Å². The highest BCUT2D eigenvalue weighted by Crippen LogP contribution is 2.52. The van der Waals surface area contributed by atoms with Crippen molar-refractivity contribution in [1.29, 1.82) is 0 Å². The van der Waals surface area contributed by atoms with E-state index in [9.17, 15) is 9.59 Å². The van der Waals surface area contributed by atoms with Crippen LogP contribution in [0.1, 0.15) is 44.5 Å². The van der Waals surface area contributed by atoms with Crippen LogP contribution in [0.4, 0.5) is 0 Å². The van der Waals surface area contributed by atoms with Gasteiger partial charge in [0.1, 0.15) is 0 Å². The van der Waals surface area contributed by atoms with Crippen molar-refractivity contribution < 1.29 is 9.59 Å². The standard InChI is InChI=1S/C52H30Br4O2/c53-39-23-15-35(16-24-39)47-43(31-7-3-1-4-8-31)45(49(51(47)57)37-19-27-41(55)28-20-37)33-11-13-34(14-12-33)46-44(32-9-5-2-6-10-32)48(36-17-25-40(54)26-18-36)52(58)50(46)38-21-29-42(56)30-22-38/h1-30H. The summed E-state index contributed by atoms with van der Waals surface area (Å²) in [4.78, 5) is 29.9. The van der Waals surface area contributed by atoms with Gasteiger partial charge in [0.25, 0.3) is 0 Å². The van der Waals surface area contributed by atoms with E-state index in [0.29, 0.717) is 22.3 Å². The van der Waals surface area contributed by atoms with E-state index >= 15 is 0 Å². The van der Waals surface area contributed by atoms with Gasteiger partial charge in [-0.25, -0.2) is 0 Å². The fourth-order valence-electron chi connectivity index (χ4n) is 7.94. The lowest BCUT2D eigenvalue weighted by Crippen LogP contribution is -2.02. The second kappa shape index (κ2) is 16.2. The van der Waals surface area contributed by atoms with Crippen molar-refractivity contribution >= 4 is 120 Å². The first-order valence-corrected chi connectivity index (χ1v) is 21.8. The summed E-state index contributed by atoms with van der Waals surface area (Å²) in [7, 11) is 0. The van der Waals surface area contributed by atoms with Crippen molar-refractivity contribution in [1.82, 2.24) is 0 Å². The van der Waals surface area contributed by atoms with E-state index in [2.05, 4.69) is 112 Å². The molecule has 9 rings (SSSR count). The highest BCUT2D eigenvalue weighted by Gasteiger charge is 2.37. The lowest BCUT2D eigenvalue weighted by Gasteiger charge is -2.16. The van der Waals surface area contributed by atoms with Gasteiger partial charge in [0, 0.05) is 62.5 Å². The highest BCUT2D eigenvalue weighted by atomic mass is 79.9. The first kappa shape index (κ1) is 38.3. The van der Waals surface area contributed by atoms with Crippen LogP contribution in [0.3, 0.4) is 0 Å². The quantitative estimate of drug-likeness (QED) is 0.152. The van der Waals surface area contributed by atoms with Crippen molar-refractivity contribution in [2.75, 3.05) is 0 Å². The Morgan fingerprint density at radius 3 is 0.603 bits per heavy atom. The molecule has 2 nitrogen and oxygen atoms in total. The van der Waals surface area contributed by atoms with E-state index in [0.717, 1.165) is 84.7 Å². The SMILES string of the molecule is O=C1C(c2ccc(Br)cc2)=C(c2ccccc2)C(c2ccc(C3=C(c4ccc(Br)cc4)C(=O)C(c4ccc(Br)cc4)=C3c3ccccc3)cc2)=C1c1ccc(Br)cc1. The van der Waals surface area contributed by atoms with Crippen LogP contribution >= 0.6 is 63.7 Å². The molecular formula is C52H30Br4O2. The molecule has 278 valence electrons. The molecule has 58 heavy (non-hydrogen) atoms. The number of hydrogen-bond donors (Lipinski definition) is 0. The zero-order valence-corrected chi connectivity index (χ0v) is 37.0. The number of allylic oxidation sites excluding steroid dienone is 8. The molecule has 0 aromatic heterocycles. The van der Waals surface area contributed by atoms with E-state index < -0.39 is 0 Å². The monoisotopic (exact) mass is 1000 g/mol. The molecule has 0 N–H and O–H groups in total. The zero-order valence-electron chi connectivity index (χ0n) is 30.6. The normalized spacial score (nSPS) is 14.3. The maximum atomic E-state index is 15.0. The Morgan fingerprint density at radius 2 is 0.379 bits per heavy atom. The molecule has 7 aromatic carbocycles. The molecule has 0 saturated heterocycles. The Labute approximate surface area is 370 Å². The van der Waals surface area contributed by atoms with Crippen LogP contribution in [0.5, 0.6) is 0 Å². The summed E-state index contributed by atoms with van der Waals surface area (Å²) in [6.45, 7) is 0. The first-order chi connectivity index (χ1) is 28.3. The number of benzene rings is 7. The van der Waals surface area contributed by atoms with Crippen molar-refractivity contribution in [3.8, 4) is 0 Å². The summed E-state index contributed by atoms with van der Waals surface area (Å²) >= 11 is 14.4. The van der Waals surface area contributed by atoms with Gasteiger partial charge >= 0.3 is 0 Å². The predicted molar refractivity (Wildman–Crippen MR) is 253 cm³/mol. The number of halogens is 4. The second-order valence-corrected chi connectivity index (χ2v) is 17.7. The van der Waals surface area contributed by atoms with Crippen LogP contribution in [-0.4, -0.2) is 11.6 Å². The Bertz CT molecular complexity index is 2670. The summed E-state index contributed by atoms with van der Waals surface area (Å²) < 4.78 is 3.75. The van der Waals surface area contributed by atoms with Crippen LogP contribution in [0.25, 0.3) is 44.6 Å². The van der Waals surface area contributed by atoms with Gasteiger partial charge in [0.15, 0.2) is 11.6 Å². The summed E-state index contributed by atoms with van der Waals surface area (Å²) in [5, 5.41) is 0. The van der Waals surface area contributed by atoms with Gasteiger partial charge in [-0.05, 0) is 93.0 Å². The second-order valence-electron chi connectivity index (χ2n) is 14.0. The molecule has 0 unspecified atom stereocenters. The van der Waals surface area contributed by atoms with Crippen LogP contribution < -0.4 is 0 Å². The van der Waals surface area contributed by atoms with E-state index in [-0.39, 0.29) is 11.6 Å². The Morgan fingerprint density at radius 1 is 0.207 bits per heavy atom. The molecule has 0 saturated carbocycles. The van der Waals surface area contributed by atoms with Crippen LogP contribution in [0.2, 0.25) is 0 Å². The number of ketones is 2. The van der Waals surface area contributed by atoms with Crippen LogP contribution in [0, 0.1) is 0 Å². The molecule has 0 atom stereocenters. The highest BCUT2D eigenvalue weighted by molar-refractivity contribution is 9.11. The van der Waals surface area contributed by atoms with E-state index in [1.807, 2.05) is 133 Å². The Hall–Kier alpha value is -5.24. The molecule has 0 aliphatic heterocycles. The molecule has 7 aromatic rings. The molecule has 0 heterocycles. The molecule has 6 heteroatoms. The maximum absolute atomic E-state index is 15.0. The smallest absolute Gasteiger partial charge is 0.195 e. The van der Waals surface area contributed by atoms with Crippen molar-refractivity contribution in [2.24, 2.45) is 0 Å². The summed E-state index contributed by atoms with van der Waals surface area (Å²) in [6.07, 6.45) is 0. The average Bonchev–Trinajstić information content (AvgIpc) is 3.73. The average molecular weight is 1010 g/mol.